The molecule has 0 bridgehead atoms. The van der Waals surface area contributed by atoms with Gasteiger partial charge in [-0.2, -0.15) is 0 Å². The molecule has 1 saturated heterocycles. The van der Waals surface area contributed by atoms with Crippen molar-refractivity contribution < 1.29 is 28.8 Å². The molecular formula is C26H50O6. The summed E-state index contributed by atoms with van der Waals surface area (Å²) >= 11 is 0. The molecule has 6 nitrogen and oxygen atoms in total. The quantitative estimate of drug-likeness (QED) is 0.288. The molecule has 32 heavy (non-hydrogen) atoms. The second-order valence-electron chi connectivity index (χ2n) is 9.54. The molecule has 2 rings (SSSR count). The van der Waals surface area contributed by atoms with Crippen molar-refractivity contribution in [1.29, 1.82) is 0 Å². The van der Waals surface area contributed by atoms with E-state index in [2.05, 4.69) is 27.7 Å². The smallest absolute Gasteiger partial charge is 0.187 e. The van der Waals surface area contributed by atoms with Gasteiger partial charge in [0, 0.05) is 19.8 Å². The normalized spacial score (nSPS) is 30.4. The molecule has 1 saturated carbocycles. The summed E-state index contributed by atoms with van der Waals surface area (Å²) < 4.78 is 31.9. The lowest BCUT2D eigenvalue weighted by atomic mass is 9.93. The van der Waals surface area contributed by atoms with Gasteiger partial charge in [0.1, 0.15) is 18.3 Å². The van der Waals surface area contributed by atoms with Gasteiger partial charge in [-0.3, -0.25) is 0 Å². The van der Waals surface area contributed by atoms with E-state index < -0.39 is 6.29 Å². The van der Waals surface area contributed by atoms with Crippen LogP contribution in [0.4, 0.5) is 0 Å². The van der Waals surface area contributed by atoms with E-state index >= 15 is 0 Å². The number of rotatable bonds is 18. The molecule has 1 N–H and O–H groups in total. The van der Waals surface area contributed by atoms with Crippen molar-refractivity contribution in [3.05, 3.63) is 0 Å². The Bertz CT molecular complexity index is 471. The minimum atomic E-state index is -0.565. The summed E-state index contributed by atoms with van der Waals surface area (Å²) in [5.74, 6) is 1.01. The van der Waals surface area contributed by atoms with Crippen molar-refractivity contribution in [3.8, 4) is 0 Å². The van der Waals surface area contributed by atoms with Crippen molar-refractivity contribution in [2.75, 3.05) is 26.4 Å². The zero-order valence-corrected chi connectivity index (χ0v) is 21.3. The number of hydrogen-bond donors (Lipinski definition) is 1. The maximum atomic E-state index is 10.2. The first-order valence-electron chi connectivity index (χ1n) is 13.4. The number of hydrogen-bond acceptors (Lipinski definition) is 6. The Labute approximate surface area is 196 Å². The summed E-state index contributed by atoms with van der Waals surface area (Å²) in [5.41, 5.74) is 0. The van der Waals surface area contributed by atoms with Crippen molar-refractivity contribution in [2.45, 2.75) is 129 Å². The van der Waals surface area contributed by atoms with Crippen LogP contribution < -0.4 is 0 Å². The molecule has 1 heterocycles. The standard InChI is InChI=1S/C26H50O6/c1-6-10-15-28-23-19(5)31-26(32-22(18-27)21(9-4)20-13-14-20)25(30-17-12-8-3)24(23)29-16-11-7-2/h19-27H,6-18H2,1-5H3/t19?,21?,22?,23-,24?,25?,26+/m1/s1. The largest absolute Gasteiger partial charge is 0.394 e. The fourth-order valence-electron chi connectivity index (χ4n) is 4.65. The lowest BCUT2D eigenvalue weighted by Crippen LogP contribution is -2.61. The lowest BCUT2D eigenvalue weighted by molar-refractivity contribution is -0.329. The summed E-state index contributed by atoms with van der Waals surface area (Å²) in [6, 6.07) is 0. The number of aliphatic hydroxyl groups is 1. The van der Waals surface area contributed by atoms with Crippen molar-refractivity contribution in [3.63, 3.8) is 0 Å². The molecule has 2 aliphatic rings. The third-order valence-corrected chi connectivity index (χ3v) is 6.82. The highest BCUT2D eigenvalue weighted by Crippen LogP contribution is 2.42. The Morgan fingerprint density at radius 3 is 1.81 bits per heavy atom. The molecule has 0 radical (unpaired) electrons. The Morgan fingerprint density at radius 1 is 0.812 bits per heavy atom. The molecule has 6 heteroatoms. The van der Waals surface area contributed by atoms with Gasteiger partial charge in [-0.1, -0.05) is 53.4 Å². The fraction of sp³-hybridized carbons (Fsp3) is 1.00. The van der Waals surface area contributed by atoms with E-state index in [0.717, 1.165) is 44.9 Å². The first-order valence-corrected chi connectivity index (χ1v) is 13.4. The predicted octanol–water partition coefficient (Wildman–Crippen LogP) is 5.10. The average molecular weight is 459 g/mol. The van der Waals surface area contributed by atoms with E-state index in [1.165, 1.54) is 12.8 Å². The molecule has 190 valence electrons. The molecule has 0 aromatic heterocycles. The molecule has 2 fully saturated rings. The van der Waals surface area contributed by atoms with Crippen LogP contribution in [0.1, 0.15) is 92.4 Å². The van der Waals surface area contributed by atoms with Gasteiger partial charge < -0.3 is 28.8 Å². The van der Waals surface area contributed by atoms with Gasteiger partial charge in [0.25, 0.3) is 0 Å². The monoisotopic (exact) mass is 458 g/mol. The zero-order valence-electron chi connectivity index (χ0n) is 21.3. The van der Waals surface area contributed by atoms with E-state index in [1.54, 1.807) is 0 Å². The Balaban J connectivity index is 2.19. The highest BCUT2D eigenvalue weighted by Gasteiger charge is 2.49. The van der Waals surface area contributed by atoms with Gasteiger partial charge in [0.15, 0.2) is 6.29 Å². The van der Waals surface area contributed by atoms with E-state index in [0.29, 0.717) is 31.7 Å². The van der Waals surface area contributed by atoms with Crippen LogP contribution in [0.3, 0.4) is 0 Å². The molecule has 1 aliphatic heterocycles. The molecule has 1 aliphatic carbocycles. The second kappa shape index (κ2) is 15.6. The van der Waals surface area contributed by atoms with Gasteiger partial charge in [0.05, 0.1) is 18.8 Å². The first kappa shape index (κ1) is 28.0. The van der Waals surface area contributed by atoms with Crippen molar-refractivity contribution in [2.24, 2.45) is 11.8 Å². The number of unbranched alkanes of at least 4 members (excludes halogenated alkanes) is 3. The molecule has 0 spiro atoms. The van der Waals surface area contributed by atoms with Crippen LogP contribution in [0.25, 0.3) is 0 Å². The van der Waals surface area contributed by atoms with E-state index in [-0.39, 0.29) is 37.1 Å². The van der Waals surface area contributed by atoms with Gasteiger partial charge in [-0.05, 0) is 50.9 Å². The van der Waals surface area contributed by atoms with Gasteiger partial charge >= 0.3 is 0 Å². The first-order chi connectivity index (χ1) is 15.6. The van der Waals surface area contributed by atoms with Crippen LogP contribution in [-0.2, 0) is 23.7 Å². The van der Waals surface area contributed by atoms with Crippen LogP contribution in [0, 0.1) is 11.8 Å². The fourth-order valence-corrected chi connectivity index (χ4v) is 4.65. The predicted molar refractivity (Wildman–Crippen MR) is 127 cm³/mol. The van der Waals surface area contributed by atoms with E-state index in [1.807, 2.05) is 6.92 Å². The molecular weight excluding hydrogens is 408 g/mol. The summed E-state index contributed by atoms with van der Waals surface area (Å²) in [6.45, 7) is 12.7. The van der Waals surface area contributed by atoms with Crippen LogP contribution in [0.15, 0.2) is 0 Å². The highest BCUT2D eigenvalue weighted by molar-refractivity contribution is 4.93. The van der Waals surface area contributed by atoms with Crippen LogP contribution >= 0.6 is 0 Å². The summed E-state index contributed by atoms with van der Waals surface area (Å²) in [7, 11) is 0. The molecule has 0 amide bonds. The molecule has 0 aromatic rings. The second-order valence-corrected chi connectivity index (χ2v) is 9.54. The minimum absolute atomic E-state index is 0.00269. The highest BCUT2D eigenvalue weighted by atomic mass is 16.7. The summed E-state index contributed by atoms with van der Waals surface area (Å²) in [6.07, 6.45) is 7.89. The van der Waals surface area contributed by atoms with Gasteiger partial charge in [-0.25, -0.2) is 0 Å². The molecule has 7 atom stereocenters. The van der Waals surface area contributed by atoms with Gasteiger partial charge in [-0.15, -0.1) is 0 Å². The minimum Gasteiger partial charge on any atom is -0.394 e. The number of ether oxygens (including phenoxy) is 5. The van der Waals surface area contributed by atoms with Crippen molar-refractivity contribution in [1.82, 2.24) is 0 Å². The van der Waals surface area contributed by atoms with Crippen LogP contribution in [0.2, 0.25) is 0 Å². The molecule has 0 aromatic carbocycles. The van der Waals surface area contributed by atoms with E-state index in [9.17, 15) is 5.11 Å². The average Bonchev–Trinajstić information content (AvgIpc) is 3.62. The number of aliphatic hydroxyl groups excluding tert-OH is 1. The Morgan fingerprint density at radius 2 is 1.34 bits per heavy atom. The maximum absolute atomic E-state index is 10.2. The Hall–Kier alpha value is -0.240. The van der Waals surface area contributed by atoms with Gasteiger partial charge in [0.2, 0.25) is 0 Å². The maximum Gasteiger partial charge on any atom is 0.187 e. The zero-order chi connectivity index (χ0) is 23.3. The molecule has 5 unspecified atom stereocenters. The SMILES string of the molecule is CCCCOC1C(OCCCC)[C@H](OCCCC)C(C)O[C@H]1OC(CO)C(CC)C1CC1. The summed E-state index contributed by atoms with van der Waals surface area (Å²) in [4.78, 5) is 0. The topological polar surface area (TPSA) is 66.4 Å². The van der Waals surface area contributed by atoms with Crippen molar-refractivity contribution >= 4 is 0 Å². The van der Waals surface area contributed by atoms with Crippen LogP contribution in [0.5, 0.6) is 0 Å². The van der Waals surface area contributed by atoms with Crippen LogP contribution in [-0.4, -0.2) is 68.3 Å². The third-order valence-electron chi connectivity index (χ3n) is 6.82. The third kappa shape index (κ3) is 8.52. The Kier molecular flexibility index (Phi) is 13.7. The van der Waals surface area contributed by atoms with E-state index in [4.69, 9.17) is 23.7 Å². The summed E-state index contributed by atoms with van der Waals surface area (Å²) in [5, 5.41) is 10.2. The lowest BCUT2D eigenvalue weighted by Gasteiger charge is -2.46.